The van der Waals surface area contributed by atoms with Gasteiger partial charge in [0.25, 0.3) is 0 Å². The Morgan fingerprint density at radius 3 is 1.49 bits per heavy atom. The summed E-state index contributed by atoms with van der Waals surface area (Å²) in [5, 5.41) is 0. The van der Waals surface area contributed by atoms with E-state index in [-0.39, 0.29) is 11.3 Å². The zero-order valence-electron chi connectivity index (χ0n) is 26.1. The molecule has 1 atom stereocenters. The number of aliphatic imine (C=N–C) groups is 1. The van der Waals surface area contributed by atoms with E-state index < -0.39 is 24.3 Å². The largest absolute Gasteiger partial charge is 0.396 e. The monoisotopic (exact) mass is 594 g/mol. The van der Waals surface area contributed by atoms with Gasteiger partial charge in [-0.3, -0.25) is 4.79 Å². The molecule has 0 bridgehead atoms. The van der Waals surface area contributed by atoms with Crippen molar-refractivity contribution in [1.82, 2.24) is 0 Å². The maximum Gasteiger partial charge on any atom is 0.396 e. The van der Waals surface area contributed by atoms with Gasteiger partial charge in [-0.05, 0) is 50.3 Å². The second-order valence-electron chi connectivity index (χ2n) is 10.3. The molecule has 2 N–H and O–H groups in total. The number of hydrogen-bond donors (Lipinski definition) is 1. The van der Waals surface area contributed by atoms with Gasteiger partial charge in [-0.15, -0.1) is 0 Å². The first-order valence-corrected chi connectivity index (χ1v) is 14.6. The zero-order valence-corrected chi connectivity index (χ0v) is 26.1. The van der Waals surface area contributed by atoms with E-state index in [4.69, 9.17) is 5.73 Å². The van der Waals surface area contributed by atoms with Gasteiger partial charge in [-0.1, -0.05) is 118 Å². The van der Waals surface area contributed by atoms with Crippen molar-refractivity contribution < 1.29 is 22.8 Å². The Morgan fingerprint density at radius 1 is 0.767 bits per heavy atom. The molecule has 3 rings (SSSR count). The first-order valence-electron chi connectivity index (χ1n) is 14.6. The molecule has 0 saturated heterocycles. The number of nitrogens with two attached hydrogens (primary N) is 1. The van der Waals surface area contributed by atoms with E-state index in [0.29, 0.717) is 11.8 Å². The van der Waals surface area contributed by atoms with Crippen molar-refractivity contribution in [3.05, 3.63) is 119 Å². The number of hydrogen-bond acceptors (Lipinski definition) is 3. The third kappa shape index (κ3) is 14.1. The van der Waals surface area contributed by atoms with Crippen molar-refractivity contribution in [2.75, 3.05) is 0 Å². The normalized spacial score (nSPS) is 12.7. The van der Waals surface area contributed by atoms with Crippen molar-refractivity contribution in [2.45, 2.75) is 85.2 Å². The number of carbonyl (C=O) groups is 2. The van der Waals surface area contributed by atoms with E-state index in [0.717, 1.165) is 30.5 Å². The Balaban J connectivity index is 0.000000323. The summed E-state index contributed by atoms with van der Waals surface area (Å²) in [6.45, 7) is 10.8. The quantitative estimate of drug-likeness (QED) is 0.144. The van der Waals surface area contributed by atoms with Crippen LogP contribution in [-0.2, 0) is 9.59 Å². The molecule has 4 nitrogen and oxygen atoms in total. The Labute approximate surface area is 254 Å². The van der Waals surface area contributed by atoms with Crippen molar-refractivity contribution in [3.63, 3.8) is 0 Å². The van der Waals surface area contributed by atoms with Crippen molar-refractivity contribution in [1.29, 1.82) is 0 Å². The summed E-state index contributed by atoms with van der Waals surface area (Å²) in [4.78, 5) is 26.3. The molecule has 0 aliphatic heterocycles. The molecule has 0 aliphatic carbocycles. The summed E-state index contributed by atoms with van der Waals surface area (Å²) in [5.74, 6) is -1.04. The van der Waals surface area contributed by atoms with E-state index in [1.807, 2.05) is 6.92 Å². The van der Waals surface area contributed by atoms with Crippen LogP contribution < -0.4 is 5.73 Å². The summed E-state index contributed by atoms with van der Waals surface area (Å²) in [5.41, 5.74) is 10.0. The number of amidine groups is 1. The minimum atomic E-state index is -4.37. The molecule has 1 unspecified atom stereocenters. The molecule has 0 fully saturated rings. The maximum atomic E-state index is 12.6. The number of rotatable bonds is 10. The minimum absolute atomic E-state index is 0.105. The summed E-state index contributed by atoms with van der Waals surface area (Å²) in [6, 6.07) is 28.7. The van der Waals surface area contributed by atoms with Gasteiger partial charge in [-0.25, -0.2) is 4.99 Å². The lowest BCUT2D eigenvalue weighted by Gasteiger charge is -2.19. The van der Waals surface area contributed by atoms with E-state index in [2.05, 4.69) is 79.5 Å². The van der Waals surface area contributed by atoms with Gasteiger partial charge in [-0.2, -0.15) is 13.2 Å². The topological polar surface area (TPSA) is 72.5 Å². The molecule has 3 aromatic rings. The predicted molar refractivity (Wildman–Crippen MR) is 171 cm³/mol. The molecular weight excluding hydrogens is 549 g/mol. The van der Waals surface area contributed by atoms with E-state index in [1.165, 1.54) is 42.3 Å². The Bertz CT molecular complexity index is 1260. The van der Waals surface area contributed by atoms with Crippen LogP contribution in [0, 0.1) is 0 Å². The van der Waals surface area contributed by atoms with Crippen LogP contribution in [0.1, 0.15) is 95.8 Å². The van der Waals surface area contributed by atoms with Gasteiger partial charge in [0, 0.05) is 23.6 Å². The third-order valence-electron chi connectivity index (χ3n) is 6.61. The molecule has 43 heavy (non-hydrogen) atoms. The highest BCUT2D eigenvalue weighted by Gasteiger charge is 2.41. The number of ketones is 2. The van der Waals surface area contributed by atoms with Crippen LogP contribution in [0.15, 0.2) is 107 Å². The second-order valence-corrected chi connectivity index (χ2v) is 10.3. The smallest absolute Gasteiger partial charge is 0.387 e. The standard InChI is InChI=1S/C14H14.C11H11F3O.C11H20N2O/c1-12(13-8-4-2-5-9-13)14-10-6-3-7-11-14;1-8(15)7-10(11(12,13)14)9-5-3-2-4-6-9;1-5-7-10(8(3)14)11(6-2)13-9(4)12/h2-12H,1H3;2-6,10H,7H2,1H3;5-7H2,1-4H3,(H2,12,13)/b;;11-10-. The van der Waals surface area contributed by atoms with E-state index in [9.17, 15) is 22.8 Å². The van der Waals surface area contributed by atoms with Gasteiger partial charge in [0.2, 0.25) is 0 Å². The Morgan fingerprint density at radius 2 is 1.19 bits per heavy atom. The van der Waals surface area contributed by atoms with Crippen molar-refractivity contribution in [2.24, 2.45) is 10.7 Å². The van der Waals surface area contributed by atoms with Crippen LogP contribution >= 0.6 is 0 Å². The number of allylic oxidation sites excluding steroid dienone is 2. The Kier molecular flexibility index (Phi) is 16.6. The van der Waals surface area contributed by atoms with Gasteiger partial charge in [0.05, 0.1) is 11.8 Å². The third-order valence-corrected chi connectivity index (χ3v) is 6.61. The summed E-state index contributed by atoms with van der Waals surface area (Å²) < 4.78 is 37.8. The summed E-state index contributed by atoms with van der Waals surface area (Å²) >= 11 is 0. The number of carbonyl (C=O) groups excluding carboxylic acids is 2. The van der Waals surface area contributed by atoms with Crippen LogP contribution in [0.4, 0.5) is 13.2 Å². The average Bonchev–Trinajstić information content (AvgIpc) is 2.98. The molecule has 0 aliphatic rings. The van der Waals surface area contributed by atoms with E-state index in [1.54, 1.807) is 19.9 Å². The van der Waals surface area contributed by atoms with Crippen LogP contribution in [-0.4, -0.2) is 23.6 Å². The first kappa shape index (κ1) is 37.0. The lowest BCUT2D eigenvalue weighted by molar-refractivity contribution is -0.156. The van der Waals surface area contributed by atoms with Crippen LogP contribution in [0.2, 0.25) is 0 Å². The number of benzene rings is 3. The number of Topliss-reactive ketones (excluding diaryl/α,β-unsaturated/α-hetero) is 2. The molecule has 3 aromatic carbocycles. The number of alkyl halides is 3. The fourth-order valence-electron chi connectivity index (χ4n) is 4.42. The average molecular weight is 595 g/mol. The minimum Gasteiger partial charge on any atom is -0.387 e. The maximum absolute atomic E-state index is 12.6. The highest BCUT2D eigenvalue weighted by Crippen LogP contribution is 2.37. The van der Waals surface area contributed by atoms with Crippen molar-refractivity contribution >= 4 is 17.4 Å². The fourth-order valence-corrected chi connectivity index (χ4v) is 4.42. The lowest BCUT2D eigenvalue weighted by Crippen LogP contribution is -2.22. The molecule has 7 heteroatoms. The van der Waals surface area contributed by atoms with Gasteiger partial charge < -0.3 is 10.5 Å². The molecule has 0 radical (unpaired) electrons. The zero-order chi connectivity index (χ0) is 32.4. The van der Waals surface area contributed by atoms with Crippen LogP contribution in [0.3, 0.4) is 0 Å². The number of nitrogens with zero attached hydrogens (tertiary/aromatic N) is 1. The lowest BCUT2D eigenvalue weighted by atomic mass is 9.93. The highest BCUT2D eigenvalue weighted by molar-refractivity contribution is 5.94. The fraction of sp³-hybridized carbons (Fsp3) is 0.361. The van der Waals surface area contributed by atoms with Crippen molar-refractivity contribution in [3.8, 4) is 0 Å². The van der Waals surface area contributed by atoms with Gasteiger partial charge in [0.1, 0.15) is 5.78 Å². The van der Waals surface area contributed by atoms with Crippen LogP contribution in [0.5, 0.6) is 0 Å². The van der Waals surface area contributed by atoms with E-state index >= 15 is 0 Å². The molecule has 232 valence electrons. The SMILES string of the molecule is CC(=O)CC(c1ccccc1)C(F)(F)F.CC(c1ccccc1)c1ccccc1.CCC/C(C(C)=O)=C(\CC)N=C(C)N. The molecule has 0 heterocycles. The molecule has 0 aromatic heterocycles. The summed E-state index contributed by atoms with van der Waals surface area (Å²) in [7, 11) is 0. The van der Waals surface area contributed by atoms with Crippen LogP contribution in [0.25, 0.3) is 0 Å². The molecule has 0 amide bonds. The molecular formula is C36H45F3N2O2. The van der Waals surface area contributed by atoms with Gasteiger partial charge >= 0.3 is 6.18 Å². The van der Waals surface area contributed by atoms with Gasteiger partial charge in [0.15, 0.2) is 5.78 Å². The highest BCUT2D eigenvalue weighted by atomic mass is 19.4. The molecule has 0 saturated carbocycles. The Hall–Kier alpha value is -4.00. The summed E-state index contributed by atoms with van der Waals surface area (Å²) in [6.07, 6.45) is -2.36. The number of halogens is 3. The predicted octanol–water partition coefficient (Wildman–Crippen LogP) is 9.57. The second kappa shape index (κ2) is 19.2. The first-order chi connectivity index (χ1) is 20.3. The molecule has 0 spiro atoms.